The highest BCUT2D eigenvalue weighted by molar-refractivity contribution is 7.99. The molecule has 0 aliphatic heterocycles. The van der Waals surface area contributed by atoms with Gasteiger partial charge in [-0.1, -0.05) is 23.0 Å². The molecule has 1 aromatic heterocycles. The second kappa shape index (κ2) is 6.05. The van der Waals surface area contributed by atoms with Gasteiger partial charge in [-0.05, 0) is 18.2 Å². The Morgan fingerprint density at radius 2 is 2.16 bits per heavy atom. The van der Waals surface area contributed by atoms with Crippen molar-refractivity contribution in [1.82, 2.24) is 9.97 Å². The summed E-state index contributed by atoms with van der Waals surface area (Å²) in [5, 5.41) is 12.2. The van der Waals surface area contributed by atoms with Crippen molar-refractivity contribution in [1.29, 1.82) is 0 Å². The number of methoxy groups -OCH3 is 1. The second-order valence-electron chi connectivity index (χ2n) is 3.48. The van der Waals surface area contributed by atoms with E-state index in [9.17, 15) is 0 Å². The molecular formula is C12H12N4O2S. The average molecular weight is 276 g/mol. The number of oxime groups is 1. The molecule has 3 N–H and O–H groups in total. The first-order chi connectivity index (χ1) is 9.24. The number of rotatable bonds is 4. The largest absolute Gasteiger partial charge is 0.497 e. The van der Waals surface area contributed by atoms with Gasteiger partial charge in [-0.25, -0.2) is 9.97 Å². The van der Waals surface area contributed by atoms with Crippen LogP contribution in [0.2, 0.25) is 0 Å². The quantitative estimate of drug-likeness (QED) is 0.382. The highest BCUT2D eigenvalue weighted by Gasteiger charge is 2.11. The predicted octanol–water partition coefficient (Wildman–Crippen LogP) is 1.73. The minimum atomic E-state index is -0.0708. The van der Waals surface area contributed by atoms with Gasteiger partial charge < -0.3 is 15.7 Å². The molecule has 0 bridgehead atoms. The molecule has 19 heavy (non-hydrogen) atoms. The Morgan fingerprint density at radius 1 is 1.37 bits per heavy atom. The van der Waals surface area contributed by atoms with Crippen molar-refractivity contribution in [3.05, 3.63) is 42.4 Å². The van der Waals surface area contributed by atoms with E-state index in [1.165, 1.54) is 18.0 Å². The molecule has 7 heteroatoms. The fourth-order valence-corrected chi connectivity index (χ4v) is 2.31. The molecule has 0 radical (unpaired) electrons. The van der Waals surface area contributed by atoms with Crippen LogP contribution >= 0.6 is 11.8 Å². The predicted molar refractivity (Wildman–Crippen MR) is 71.7 cm³/mol. The van der Waals surface area contributed by atoms with Crippen molar-refractivity contribution in [2.45, 2.75) is 9.92 Å². The Hall–Kier alpha value is -2.28. The van der Waals surface area contributed by atoms with Crippen LogP contribution in [0.25, 0.3) is 0 Å². The Balaban J connectivity index is 2.33. The van der Waals surface area contributed by atoms with E-state index in [1.807, 2.05) is 24.3 Å². The molecule has 0 fully saturated rings. The van der Waals surface area contributed by atoms with Crippen LogP contribution in [0.15, 0.2) is 51.7 Å². The Morgan fingerprint density at radius 3 is 2.89 bits per heavy atom. The van der Waals surface area contributed by atoms with Gasteiger partial charge in [0.2, 0.25) is 0 Å². The van der Waals surface area contributed by atoms with Gasteiger partial charge >= 0.3 is 0 Å². The van der Waals surface area contributed by atoms with E-state index in [0.717, 1.165) is 10.6 Å². The minimum Gasteiger partial charge on any atom is -0.497 e. The van der Waals surface area contributed by atoms with E-state index in [1.54, 1.807) is 13.3 Å². The van der Waals surface area contributed by atoms with Gasteiger partial charge in [-0.2, -0.15) is 0 Å². The Bertz CT molecular complexity index is 604. The van der Waals surface area contributed by atoms with Gasteiger partial charge in [0.1, 0.15) is 16.5 Å². The van der Waals surface area contributed by atoms with Crippen LogP contribution < -0.4 is 10.5 Å². The highest BCUT2D eigenvalue weighted by atomic mass is 32.2. The van der Waals surface area contributed by atoms with Gasteiger partial charge in [0.25, 0.3) is 0 Å². The third kappa shape index (κ3) is 3.14. The molecule has 2 rings (SSSR count). The summed E-state index contributed by atoms with van der Waals surface area (Å²) in [4.78, 5) is 9.17. The molecule has 0 amide bonds. The smallest absolute Gasteiger partial charge is 0.191 e. The summed E-state index contributed by atoms with van der Waals surface area (Å²) in [6.45, 7) is 0. The number of ether oxygens (including phenoxy) is 1. The summed E-state index contributed by atoms with van der Waals surface area (Å²) >= 11 is 1.36. The third-order valence-corrected chi connectivity index (χ3v) is 3.25. The summed E-state index contributed by atoms with van der Waals surface area (Å²) in [5.74, 6) is 0.678. The summed E-state index contributed by atoms with van der Waals surface area (Å²) in [6, 6.07) is 7.51. The van der Waals surface area contributed by atoms with Crippen molar-refractivity contribution in [2.75, 3.05) is 7.11 Å². The van der Waals surface area contributed by atoms with Crippen LogP contribution in [0.3, 0.4) is 0 Å². The zero-order valence-electron chi connectivity index (χ0n) is 10.1. The summed E-state index contributed by atoms with van der Waals surface area (Å²) in [6.07, 6.45) is 3.04. The molecule has 2 aromatic rings. The monoisotopic (exact) mass is 276 g/mol. The van der Waals surface area contributed by atoms with Gasteiger partial charge in [-0.3, -0.25) is 0 Å². The van der Waals surface area contributed by atoms with Crippen molar-refractivity contribution >= 4 is 17.6 Å². The van der Waals surface area contributed by atoms with E-state index in [2.05, 4.69) is 15.1 Å². The van der Waals surface area contributed by atoms with Gasteiger partial charge in [-0.15, -0.1) is 0 Å². The van der Waals surface area contributed by atoms with Crippen molar-refractivity contribution in [3.63, 3.8) is 0 Å². The molecule has 0 aliphatic rings. The number of amidine groups is 1. The maximum atomic E-state index is 8.73. The topological polar surface area (TPSA) is 93.6 Å². The number of nitrogens with two attached hydrogens (primary N) is 1. The zero-order valence-corrected chi connectivity index (χ0v) is 11.0. The third-order valence-electron chi connectivity index (χ3n) is 2.27. The zero-order chi connectivity index (χ0) is 13.7. The molecule has 0 aliphatic carbocycles. The number of nitrogens with zero attached hydrogens (tertiary/aromatic N) is 3. The lowest BCUT2D eigenvalue weighted by Crippen LogP contribution is -2.16. The fraction of sp³-hybridized carbons (Fsp3) is 0.0833. The highest BCUT2D eigenvalue weighted by Crippen LogP contribution is 2.29. The van der Waals surface area contributed by atoms with E-state index in [-0.39, 0.29) is 5.84 Å². The molecule has 6 nitrogen and oxygen atoms in total. The summed E-state index contributed by atoms with van der Waals surface area (Å²) in [7, 11) is 1.61. The van der Waals surface area contributed by atoms with Crippen LogP contribution in [0.4, 0.5) is 0 Å². The Kier molecular flexibility index (Phi) is 4.19. The van der Waals surface area contributed by atoms with Crippen LogP contribution in [0, 0.1) is 0 Å². The molecule has 1 heterocycles. The average Bonchev–Trinajstić information content (AvgIpc) is 2.47. The van der Waals surface area contributed by atoms with Crippen molar-refractivity contribution in [3.8, 4) is 5.75 Å². The van der Waals surface area contributed by atoms with E-state index in [0.29, 0.717) is 10.7 Å². The van der Waals surface area contributed by atoms with Crippen molar-refractivity contribution < 1.29 is 9.94 Å². The van der Waals surface area contributed by atoms with Crippen LogP contribution in [-0.4, -0.2) is 28.1 Å². The lowest BCUT2D eigenvalue weighted by molar-refractivity contribution is 0.318. The fourth-order valence-electron chi connectivity index (χ4n) is 1.40. The van der Waals surface area contributed by atoms with Gasteiger partial charge in [0.05, 0.1) is 7.11 Å². The van der Waals surface area contributed by atoms with Crippen LogP contribution in [0.1, 0.15) is 5.69 Å². The molecule has 0 saturated heterocycles. The van der Waals surface area contributed by atoms with Gasteiger partial charge in [0.15, 0.2) is 5.84 Å². The standard InChI is InChI=1S/C12H12N4O2S/c1-18-8-3-2-4-9(7-8)19-12-10(11(13)16-17)14-5-6-15-12/h2-7,17H,1H3,(H2,13,16). The Labute approximate surface area is 114 Å². The minimum absolute atomic E-state index is 0.0708. The lowest BCUT2D eigenvalue weighted by Gasteiger charge is -2.06. The molecule has 0 spiro atoms. The van der Waals surface area contributed by atoms with Crippen LogP contribution in [0.5, 0.6) is 5.75 Å². The van der Waals surface area contributed by atoms with Crippen molar-refractivity contribution in [2.24, 2.45) is 10.9 Å². The first-order valence-electron chi connectivity index (χ1n) is 5.35. The van der Waals surface area contributed by atoms with E-state index < -0.39 is 0 Å². The first-order valence-corrected chi connectivity index (χ1v) is 6.17. The number of benzene rings is 1. The normalized spacial score (nSPS) is 11.3. The molecular weight excluding hydrogens is 264 g/mol. The second-order valence-corrected chi connectivity index (χ2v) is 4.54. The number of hydrogen-bond acceptors (Lipinski definition) is 6. The molecule has 0 unspecified atom stereocenters. The van der Waals surface area contributed by atoms with Gasteiger partial charge in [0, 0.05) is 17.3 Å². The van der Waals surface area contributed by atoms with E-state index in [4.69, 9.17) is 15.7 Å². The number of hydrogen-bond donors (Lipinski definition) is 2. The molecule has 0 atom stereocenters. The first kappa shape index (κ1) is 13.2. The van der Waals surface area contributed by atoms with Crippen LogP contribution in [-0.2, 0) is 0 Å². The summed E-state index contributed by atoms with van der Waals surface area (Å²) in [5.41, 5.74) is 5.91. The number of aromatic nitrogens is 2. The SMILES string of the molecule is COc1cccc(Sc2nccnc2C(N)=NO)c1. The van der Waals surface area contributed by atoms with E-state index >= 15 is 0 Å². The molecule has 1 aromatic carbocycles. The lowest BCUT2D eigenvalue weighted by atomic mass is 10.3. The maximum absolute atomic E-state index is 8.73. The maximum Gasteiger partial charge on any atom is 0.191 e. The molecule has 0 saturated carbocycles. The molecule has 98 valence electrons. The summed E-state index contributed by atoms with van der Waals surface area (Å²) < 4.78 is 5.15.